The van der Waals surface area contributed by atoms with Crippen LogP contribution in [0.15, 0.2) is 65.6 Å². The van der Waals surface area contributed by atoms with Crippen molar-refractivity contribution in [2.45, 2.75) is 30.2 Å². The number of methoxy groups -OCH3 is 2. The van der Waals surface area contributed by atoms with Crippen LogP contribution in [0.1, 0.15) is 30.0 Å². The molecule has 0 aliphatic heterocycles. The van der Waals surface area contributed by atoms with Crippen molar-refractivity contribution in [1.29, 1.82) is 0 Å². The van der Waals surface area contributed by atoms with E-state index in [4.69, 9.17) is 21.1 Å². The maximum absolute atomic E-state index is 13.9. The molecule has 1 aliphatic carbocycles. The van der Waals surface area contributed by atoms with Crippen molar-refractivity contribution in [3.8, 4) is 11.5 Å². The smallest absolute Gasteiger partial charge is 0.264 e. The van der Waals surface area contributed by atoms with Gasteiger partial charge in [-0.3, -0.25) is 9.10 Å². The van der Waals surface area contributed by atoms with Gasteiger partial charge in [0.15, 0.2) is 11.5 Å². The molecule has 190 valence electrons. The predicted octanol–water partition coefficient (Wildman–Crippen LogP) is 4.89. The molecule has 36 heavy (non-hydrogen) atoms. The number of nitrogens with one attached hydrogen (secondary N) is 1. The van der Waals surface area contributed by atoms with Crippen molar-refractivity contribution in [1.82, 2.24) is 5.32 Å². The third-order valence-corrected chi connectivity index (χ3v) is 8.19. The van der Waals surface area contributed by atoms with E-state index in [9.17, 15) is 17.6 Å². The molecule has 1 N–H and O–H groups in total. The normalized spacial score (nSPS) is 15.1. The molecule has 0 heterocycles. The van der Waals surface area contributed by atoms with Gasteiger partial charge in [-0.15, -0.1) is 0 Å². The minimum Gasteiger partial charge on any atom is -0.493 e. The fraction of sp³-hybridized carbons (Fsp3) is 0.269. The van der Waals surface area contributed by atoms with E-state index in [2.05, 4.69) is 5.32 Å². The summed E-state index contributed by atoms with van der Waals surface area (Å²) in [6.45, 7) is -0.530. The van der Waals surface area contributed by atoms with Crippen LogP contribution in [0.4, 0.5) is 10.1 Å². The molecule has 0 spiro atoms. The van der Waals surface area contributed by atoms with E-state index in [0.717, 1.165) is 40.8 Å². The molecular weight excluding hydrogens is 507 g/mol. The Morgan fingerprint density at radius 3 is 2.56 bits per heavy atom. The molecule has 0 saturated heterocycles. The Bertz CT molecular complexity index is 1380. The number of anilines is 1. The number of aryl methyl sites for hydroxylation is 1. The molecule has 1 aliphatic rings. The Kier molecular flexibility index (Phi) is 7.70. The lowest BCUT2D eigenvalue weighted by molar-refractivity contribution is -0.120. The molecule has 10 heteroatoms. The number of benzene rings is 3. The summed E-state index contributed by atoms with van der Waals surface area (Å²) in [5.41, 5.74) is 2.24. The second kappa shape index (κ2) is 10.8. The zero-order chi connectivity index (χ0) is 25.9. The van der Waals surface area contributed by atoms with Crippen LogP contribution >= 0.6 is 11.6 Å². The van der Waals surface area contributed by atoms with Crippen LogP contribution in [-0.4, -0.2) is 35.1 Å². The number of carbonyl (C=O) groups is 1. The first-order valence-corrected chi connectivity index (χ1v) is 13.1. The van der Waals surface area contributed by atoms with E-state index in [1.54, 1.807) is 0 Å². The van der Waals surface area contributed by atoms with Crippen LogP contribution in [0.2, 0.25) is 5.02 Å². The summed E-state index contributed by atoms with van der Waals surface area (Å²) in [4.78, 5) is 13.1. The summed E-state index contributed by atoms with van der Waals surface area (Å²) < 4.78 is 52.7. The molecule has 7 nitrogen and oxygen atoms in total. The molecule has 0 fully saturated rings. The molecule has 3 aromatic rings. The van der Waals surface area contributed by atoms with Gasteiger partial charge in [0.1, 0.15) is 12.4 Å². The molecule has 3 aromatic carbocycles. The minimum absolute atomic E-state index is 0.0513. The van der Waals surface area contributed by atoms with Crippen LogP contribution in [0.3, 0.4) is 0 Å². The topological polar surface area (TPSA) is 84.9 Å². The van der Waals surface area contributed by atoms with Gasteiger partial charge in [-0.1, -0.05) is 35.9 Å². The lowest BCUT2D eigenvalue weighted by Gasteiger charge is -2.29. The number of halogens is 2. The van der Waals surface area contributed by atoms with Gasteiger partial charge in [0, 0.05) is 6.07 Å². The summed E-state index contributed by atoms with van der Waals surface area (Å²) in [5, 5.41) is 2.71. The number of sulfonamides is 1. The van der Waals surface area contributed by atoms with E-state index >= 15 is 0 Å². The van der Waals surface area contributed by atoms with Crippen LogP contribution in [0.5, 0.6) is 11.5 Å². The quantitative estimate of drug-likeness (QED) is 0.447. The fourth-order valence-electron chi connectivity index (χ4n) is 4.33. The van der Waals surface area contributed by atoms with E-state index in [1.165, 1.54) is 44.6 Å². The van der Waals surface area contributed by atoms with Gasteiger partial charge in [0.05, 0.1) is 35.9 Å². The SMILES string of the molecule is COc1ccc(S(=O)(=O)N(CC(=O)NC2CCCc3ccccc32)c2ccc(F)c(Cl)c2)cc1OC. The third-order valence-electron chi connectivity index (χ3n) is 6.13. The van der Waals surface area contributed by atoms with E-state index in [1.807, 2.05) is 24.3 Å². The van der Waals surface area contributed by atoms with Crippen LogP contribution in [-0.2, 0) is 21.2 Å². The molecule has 0 aromatic heterocycles. The van der Waals surface area contributed by atoms with Crippen molar-refractivity contribution in [2.24, 2.45) is 0 Å². The van der Waals surface area contributed by atoms with Crippen LogP contribution < -0.4 is 19.1 Å². The monoisotopic (exact) mass is 532 g/mol. The van der Waals surface area contributed by atoms with Gasteiger partial charge in [0.25, 0.3) is 10.0 Å². The molecule has 0 bridgehead atoms. The highest BCUT2D eigenvalue weighted by atomic mass is 35.5. The Labute approximate surface area is 214 Å². The number of hydrogen-bond donors (Lipinski definition) is 1. The highest BCUT2D eigenvalue weighted by Gasteiger charge is 2.30. The molecule has 4 rings (SSSR count). The van der Waals surface area contributed by atoms with Crippen molar-refractivity contribution in [3.63, 3.8) is 0 Å². The zero-order valence-electron chi connectivity index (χ0n) is 19.8. The Balaban J connectivity index is 1.68. The first-order chi connectivity index (χ1) is 17.2. The van der Waals surface area contributed by atoms with Gasteiger partial charge in [-0.05, 0) is 60.7 Å². The summed E-state index contributed by atoms with van der Waals surface area (Å²) in [5.74, 6) is -0.645. The molecule has 0 radical (unpaired) electrons. The largest absolute Gasteiger partial charge is 0.493 e. The van der Waals surface area contributed by atoms with Crippen molar-refractivity contribution < 1.29 is 27.1 Å². The second-order valence-corrected chi connectivity index (χ2v) is 10.6. The number of nitrogens with zero attached hydrogens (tertiary/aromatic N) is 1. The summed E-state index contributed by atoms with van der Waals surface area (Å²) >= 11 is 5.96. The lowest BCUT2D eigenvalue weighted by Crippen LogP contribution is -2.42. The molecule has 1 atom stereocenters. The van der Waals surface area contributed by atoms with E-state index < -0.39 is 28.3 Å². The number of amides is 1. The van der Waals surface area contributed by atoms with Crippen molar-refractivity contribution >= 4 is 33.2 Å². The van der Waals surface area contributed by atoms with Gasteiger partial charge >= 0.3 is 0 Å². The summed E-state index contributed by atoms with van der Waals surface area (Å²) in [6.07, 6.45) is 2.58. The van der Waals surface area contributed by atoms with Crippen molar-refractivity contribution in [2.75, 3.05) is 25.1 Å². The standard InChI is InChI=1S/C26H26ClFN2O5S/c1-34-24-13-11-19(15-25(24)35-2)36(32,33)30(18-10-12-22(28)21(27)14-18)16-26(31)29-23-9-5-7-17-6-3-4-8-20(17)23/h3-4,6,8,10-15,23H,5,7,9,16H2,1-2H3,(H,29,31). The number of ether oxygens (including phenoxy) is 2. The van der Waals surface area contributed by atoms with Gasteiger partial charge in [-0.25, -0.2) is 12.8 Å². The average molecular weight is 533 g/mol. The van der Waals surface area contributed by atoms with Gasteiger partial charge in [-0.2, -0.15) is 0 Å². The minimum atomic E-state index is -4.28. The highest BCUT2D eigenvalue weighted by molar-refractivity contribution is 7.92. The molecule has 0 saturated carbocycles. The maximum atomic E-state index is 13.9. The predicted molar refractivity (Wildman–Crippen MR) is 136 cm³/mol. The number of rotatable bonds is 8. The lowest BCUT2D eigenvalue weighted by atomic mass is 9.88. The molecule has 1 amide bonds. The Morgan fingerprint density at radius 2 is 1.83 bits per heavy atom. The first kappa shape index (κ1) is 25.8. The maximum Gasteiger partial charge on any atom is 0.264 e. The zero-order valence-corrected chi connectivity index (χ0v) is 21.4. The van der Waals surface area contributed by atoms with Gasteiger partial charge < -0.3 is 14.8 Å². The average Bonchev–Trinajstić information content (AvgIpc) is 2.88. The van der Waals surface area contributed by atoms with E-state index in [0.29, 0.717) is 5.75 Å². The Hall–Kier alpha value is -3.30. The summed E-state index contributed by atoms with van der Waals surface area (Å²) in [6, 6.07) is 15.3. The first-order valence-electron chi connectivity index (χ1n) is 11.3. The molecule has 1 unspecified atom stereocenters. The Morgan fingerprint density at radius 1 is 1.08 bits per heavy atom. The second-order valence-electron chi connectivity index (χ2n) is 8.34. The van der Waals surface area contributed by atoms with E-state index in [-0.39, 0.29) is 27.4 Å². The van der Waals surface area contributed by atoms with Crippen LogP contribution in [0.25, 0.3) is 0 Å². The summed E-state index contributed by atoms with van der Waals surface area (Å²) in [7, 11) is -1.45. The number of carbonyl (C=O) groups excluding carboxylic acids is 1. The number of hydrogen-bond acceptors (Lipinski definition) is 5. The fourth-order valence-corrected chi connectivity index (χ4v) is 5.94. The third kappa shape index (κ3) is 5.27. The van der Waals surface area contributed by atoms with Crippen LogP contribution in [0, 0.1) is 5.82 Å². The molecular formula is C26H26ClFN2O5S. The highest BCUT2D eigenvalue weighted by Crippen LogP contribution is 2.34. The number of fused-ring (bicyclic) bond motifs is 1. The van der Waals surface area contributed by atoms with Crippen molar-refractivity contribution in [3.05, 3.63) is 82.6 Å². The van der Waals surface area contributed by atoms with Gasteiger partial charge in [0.2, 0.25) is 5.91 Å².